The van der Waals surface area contributed by atoms with Gasteiger partial charge in [-0.05, 0) is 117 Å². The molecule has 0 bridgehead atoms. The van der Waals surface area contributed by atoms with Gasteiger partial charge in [0.05, 0.1) is 6.10 Å². The van der Waals surface area contributed by atoms with Crippen molar-refractivity contribution in [2.45, 2.75) is 97.5 Å². The van der Waals surface area contributed by atoms with E-state index in [1.807, 2.05) is 0 Å². The minimum atomic E-state index is -0.0262. The lowest BCUT2D eigenvalue weighted by Gasteiger charge is -2.61. The Labute approximate surface area is 161 Å². The largest absolute Gasteiger partial charge is 0.396 e. The van der Waals surface area contributed by atoms with Gasteiger partial charge in [0, 0.05) is 6.61 Å². The van der Waals surface area contributed by atoms with Gasteiger partial charge in [-0.2, -0.15) is 0 Å². The van der Waals surface area contributed by atoms with Gasteiger partial charge in [-0.1, -0.05) is 20.8 Å². The average molecular weight is 363 g/mol. The standard InChI is InChI=1S/C24H42O2/c1-16(5-4-14-25)20-8-9-21-19-7-6-17-15-18(26)10-12-23(17,2)22(19)11-13-24(20,21)3/h16-22,25-26H,4-15H2,1-3H3/t16-,17-,18?,19+,20-,21+,22+,23+,24-/m1/s1. The number of rotatable bonds is 4. The summed E-state index contributed by atoms with van der Waals surface area (Å²) in [6, 6.07) is 0. The smallest absolute Gasteiger partial charge is 0.0543 e. The van der Waals surface area contributed by atoms with Crippen LogP contribution in [-0.2, 0) is 0 Å². The second kappa shape index (κ2) is 7.07. The van der Waals surface area contributed by atoms with Crippen LogP contribution in [0.5, 0.6) is 0 Å². The zero-order valence-corrected chi connectivity index (χ0v) is 17.4. The van der Waals surface area contributed by atoms with E-state index in [-0.39, 0.29) is 6.10 Å². The quantitative estimate of drug-likeness (QED) is 0.701. The van der Waals surface area contributed by atoms with Crippen LogP contribution in [-0.4, -0.2) is 22.9 Å². The van der Waals surface area contributed by atoms with Gasteiger partial charge in [-0.25, -0.2) is 0 Å². The van der Waals surface area contributed by atoms with Gasteiger partial charge < -0.3 is 10.2 Å². The number of aliphatic hydroxyl groups is 2. The van der Waals surface area contributed by atoms with Crippen molar-refractivity contribution < 1.29 is 10.2 Å². The molecule has 0 aliphatic heterocycles. The minimum absolute atomic E-state index is 0.0262. The second-order valence-electron chi connectivity index (χ2n) is 11.2. The summed E-state index contributed by atoms with van der Waals surface area (Å²) in [4.78, 5) is 0. The van der Waals surface area contributed by atoms with E-state index in [0.29, 0.717) is 17.4 Å². The van der Waals surface area contributed by atoms with Crippen molar-refractivity contribution in [3.05, 3.63) is 0 Å². The van der Waals surface area contributed by atoms with Crippen LogP contribution in [0, 0.1) is 46.3 Å². The zero-order valence-electron chi connectivity index (χ0n) is 17.4. The molecule has 2 N–H and O–H groups in total. The summed E-state index contributed by atoms with van der Waals surface area (Å²) in [6.45, 7) is 8.05. The third-order valence-corrected chi connectivity index (χ3v) is 10.2. The zero-order chi connectivity index (χ0) is 18.5. The molecule has 0 amide bonds. The van der Waals surface area contributed by atoms with Crippen LogP contribution in [0.3, 0.4) is 0 Å². The maximum Gasteiger partial charge on any atom is 0.0543 e. The van der Waals surface area contributed by atoms with Gasteiger partial charge in [0.2, 0.25) is 0 Å². The molecule has 150 valence electrons. The molecule has 0 aromatic heterocycles. The lowest BCUT2D eigenvalue weighted by atomic mass is 9.44. The van der Waals surface area contributed by atoms with E-state index < -0.39 is 0 Å². The average Bonchev–Trinajstić information content (AvgIpc) is 2.97. The molecule has 0 aromatic carbocycles. The van der Waals surface area contributed by atoms with E-state index in [2.05, 4.69) is 20.8 Å². The summed E-state index contributed by atoms with van der Waals surface area (Å²) in [5.41, 5.74) is 1.05. The van der Waals surface area contributed by atoms with Gasteiger partial charge in [-0.3, -0.25) is 0 Å². The van der Waals surface area contributed by atoms with Crippen LogP contribution >= 0.6 is 0 Å². The molecule has 26 heavy (non-hydrogen) atoms. The first-order chi connectivity index (χ1) is 12.4. The summed E-state index contributed by atoms with van der Waals surface area (Å²) >= 11 is 0. The molecule has 0 radical (unpaired) electrons. The summed E-state index contributed by atoms with van der Waals surface area (Å²) in [5, 5.41) is 19.4. The Bertz CT molecular complexity index is 504. The van der Waals surface area contributed by atoms with Crippen LogP contribution in [0.15, 0.2) is 0 Å². The summed E-state index contributed by atoms with van der Waals surface area (Å²) < 4.78 is 0. The predicted molar refractivity (Wildman–Crippen MR) is 107 cm³/mol. The molecular weight excluding hydrogens is 320 g/mol. The van der Waals surface area contributed by atoms with Crippen molar-refractivity contribution in [3.63, 3.8) is 0 Å². The van der Waals surface area contributed by atoms with E-state index in [4.69, 9.17) is 0 Å². The molecule has 4 aliphatic rings. The molecule has 2 nitrogen and oxygen atoms in total. The van der Waals surface area contributed by atoms with Crippen LogP contribution < -0.4 is 0 Å². The molecular formula is C24H42O2. The Morgan fingerprint density at radius 2 is 1.65 bits per heavy atom. The fraction of sp³-hybridized carbons (Fsp3) is 1.00. The molecule has 0 spiro atoms. The van der Waals surface area contributed by atoms with Crippen molar-refractivity contribution in [1.82, 2.24) is 0 Å². The molecule has 9 atom stereocenters. The van der Waals surface area contributed by atoms with Gasteiger partial charge in [0.1, 0.15) is 0 Å². The Kier molecular flexibility index (Phi) is 5.23. The van der Waals surface area contributed by atoms with Crippen LogP contribution in [0.4, 0.5) is 0 Å². The van der Waals surface area contributed by atoms with E-state index >= 15 is 0 Å². The summed E-state index contributed by atoms with van der Waals surface area (Å²) in [6.07, 6.45) is 14.1. The Hall–Kier alpha value is -0.0800. The van der Waals surface area contributed by atoms with E-state index in [9.17, 15) is 10.2 Å². The third-order valence-electron chi connectivity index (χ3n) is 10.2. The fourth-order valence-electron chi connectivity index (χ4n) is 8.83. The lowest BCUT2D eigenvalue weighted by molar-refractivity contribution is -0.129. The number of aliphatic hydroxyl groups excluding tert-OH is 2. The van der Waals surface area contributed by atoms with Crippen molar-refractivity contribution in [1.29, 1.82) is 0 Å². The highest BCUT2D eigenvalue weighted by atomic mass is 16.3. The second-order valence-corrected chi connectivity index (χ2v) is 11.2. The number of hydrogen-bond donors (Lipinski definition) is 2. The van der Waals surface area contributed by atoms with Crippen LogP contribution in [0.25, 0.3) is 0 Å². The van der Waals surface area contributed by atoms with Gasteiger partial charge in [0.15, 0.2) is 0 Å². The van der Waals surface area contributed by atoms with E-state index in [0.717, 1.165) is 54.8 Å². The first-order valence-electron chi connectivity index (χ1n) is 11.7. The molecule has 0 saturated heterocycles. The van der Waals surface area contributed by atoms with Crippen LogP contribution in [0.1, 0.15) is 91.4 Å². The molecule has 4 saturated carbocycles. The molecule has 1 unspecified atom stereocenters. The molecule has 0 heterocycles. The SMILES string of the molecule is C[C@H](CCCO)[C@H]1CC[C@H]2[C@@H]3CC[C@@H]4CC(O)CC[C@]4(C)[C@H]3CC[C@]12C. The maximum atomic E-state index is 10.2. The molecule has 4 rings (SSSR count). The molecule has 4 fully saturated rings. The third kappa shape index (κ3) is 2.89. The Morgan fingerprint density at radius 1 is 0.923 bits per heavy atom. The highest BCUT2D eigenvalue weighted by Gasteiger charge is 2.60. The predicted octanol–water partition coefficient (Wildman–Crippen LogP) is 5.41. The molecule has 2 heteroatoms. The van der Waals surface area contributed by atoms with E-state index in [1.165, 1.54) is 51.4 Å². The lowest BCUT2D eigenvalue weighted by Crippen LogP contribution is -2.54. The van der Waals surface area contributed by atoms with Crippen molar-refractivity contribution >= 4 is 0 Å². The number of hydrogen-bond acceptors (Lipinski definition) is 2. The Morgan fingerprint density at radius 3 is 2.42 bits per heavy atom. The first kappa shape index (κ1) is 19.2. The monoisotopic (exact) mass is 362 g/mol. The highest BCUT2D eigenvalue weighted by Crippen LogP contribution is 2.68. The molecule has 4 aliphatic carbocycles. The highest BCUT2D eigenvalue weighted by molar-refractivity contribution is 5.09. The Balaban J connectivity index is 1.52. The van der Waals surface area contributed by atoms with E-state index in [1.54, 1.807) is 0 Å². The van der Waals surface area contributed by atoms with Crippen LogP contribution in [0.2, 0.25) is 0 Å². The normalized spacial score (nSPS) is 52.0. The van der Waals surface area contributed by atoms with Gasteiger partial charge in [0.25, 0.3) is 0 Å². The number of fused-ring (bicyclic) bond motifs is 5. The van der Waals surface area contributed by atoms with Crippen molar-refractivity contribution in [2.24, 2.45) is 46.3 Å². The van der Waals surface area contributed by atoms with Crippen molar-refractivity contribution in [3.8, 4) is 0 Å². The van der Waals surface area contributed by atoms with Gasteiger partial charge >= 0.3 is 0 Å². The topological polar surface area (TPSA) is 40.5 Å². The van der Waals surface area contributed by atoms with Crippen molar-refractivity contribution in [2.75, 3.05) is 6.61 Å². The minimum Gasteiger partial charge on any atom is -0.396 e. The molecule has 0 aromatic rings. The summed E-state index contributed by atoms with van der Waals surface area (Å²) in [5.74, 6) is 5.22. The fourth-order valence-corrected chi connectivity index (χ4v) is 8.83. The van der Waals surface area contributed by atoms with Gasteiger partial charge in [-0.15, -0.1) is 0 Å². The first-order valence-corrected chi connectivity index (χ1v) is 11.7. The maximum absolute atomic E-state index is 10.2. The summed E-state index contributed by atoms with van der Waals surface area (Å²) in [7, 11) is 0.